The molecule has 0 aliphatic carbocycles. The minimum Gasteiger partial charge on any atom is -0.497 e. The van der Waals surface area contributed by atoms with Crippen LogP contribution in [0, 0.1) is 12.7 Å². The lowest BCUT2D eigenvalue weighted by molar-refractivity contribution is 0.0766. The van der Waals surface area contributed by atoms with E-state index in [1.165, 1.54) is 12.1 Å². The third kappa shape index (κ3) is 5.44. The highest BCUT2D eigenvalue weighted by molar-refractivity contribution is 5.95. The molecule has 4 aromatic rings. The Morgan fingerprint density at radius 1 is 1.08 bits per heavy atom. The predicted molar refractivity (Wildman–Crippen MR) is 150 cm³/mol. The number of hydrogen-bond acceptors (Lipinski definition) is 6. The van der Waals surface area contributed by atoms with Crippen molar-refractivity contribution >= 4 is 22.8 Å². The summed E-state index contributed by atoms with van der Waals surface area (Å²) >= 11 is 0. The highest BCUT2D eigenvalue weighted by Gasteiger charge is 2.26. The molecule has 0 spiro atoms. The Morgan fingerprint density at radius 2 is 1.87 bits per heavy atom. The number of carbonyl (C=O) groups is 1. The van der Waals surface area contributed by atoms with Crippen molar-refractivity contribution in [1.82, 2.24) is 24.6 Å². The van der Waals surface area contributed by atoms with Crippen molar-refractivity contribution < 1.29 is 13.9 Å². The average molecular weight is 531 g/mol. The first-order valence-electron chi connectivity index (χ1n) is 13.6. The van der Waals surface area contributed by atoms with Crippen LogP contribution in [0.25, 0.3) is 16.7 Å². The van der Waals surface area contributed by atoms with Crippen molar-refractivity contribution in [1.29, 1.82) is 0 Å². The molecule has 9 heteroatoms. The molecule has 2 aromatic carbocycles. The lowest BCUT2D eigenvalue weighted by atomic mass is 10.1. The summed E-state index contributed by atoms with van der Waals surface area (Å²) in [6.07, 6.45) is 2.81. The van der Waals surface area contributed by atoms with Crippen LogP contribution in [0.4, 0.5) is 10.2 Å². The number of rotatable bonds is 7. The van der Waals surface area contributed by atoms with Crippen LogP contribution in [0.5, 0.6) is 5.75 Å². The van der Waals surface area contributed by atoms with Crippen LogP contribution >= 0.6 is 0 Å². The Balaban J connectivity index is 1.51. The Kier molecular flexibility index (Phi) is 7.77. The third-order valence-electron chi connectivity index (χ3n) is 7.33. The fourth-order valence-electron chi connectivity index (χ4n) is 5.22. The summed E-state index contributed by atoms with van der Waals surface area (Å²) < 4.78 is 20.8. The normalized spacial score (nSPS) is 14.9. The number of ether oxygens (including phenoxy) is 1. The highest BCUT2D eigenvalue weighted by atomic mass is 19.1. The summed E-state index contributed by atoms with van der Waals surface area (Å²) in [6, 6.07) is 13.6. The SMILES string of the molecule is CCC[C@H](C)c1nc(N2CCCN(C(=O)c3cccc(OC)c3)CC2)c2c(C)nn(-c3ccc(F)cc3)c2n1. The van der Waals surface area contributed by atoms with Crippen LogP contribution < -0.4 is 9.64 Å². The summed E-state index contributed by atoms with van der Waals surface area (Å²) in [5.74, 6) is 2.17. The molecule has 39 heavy (non-hydrogen) atoms. The van der Waals surface area contributed by atoms with Gasteiger partial charge in [0.25, 0.3) is 5.91 Å². The van der Waals surface area contributed by atoms with E-state index in [2.05, 4.69) is 18.7 Å². The van der Waals surface area contributed by atoms with Gasteiger partial charge in [0.05, 0.1) is 23.9 Å². The maximum atomic E-state index is 13.7. The van der Waals surface area contributed by atoms with Gasteiger partial charge in [-0.15, -0.1) is 0 Å². The lowest BCUT2D eigenvalue weighted by Gasteiger charge is -2.24. The molecule has 5 rings (SSSR count). The van der Waals surface area contributed by atoms with Gasteiger partial charge in [0.1, 0.15) is 23.2 Å². The first-order valence-corrected chi connectivity index (χ1v) is 13.6. The molecule has 2 aromatic heterocycles. The second kappa shape index (κ2) is 11.4. The van der Waals surface area contributed by atoms with Crippen LogP contribution in [0.1, 0.15) is 60.9 Å². The molecule has 1 amide bonds. The lowest BCUT2D eigenvalue weighted by Crippen LogP contribution is -2.35. The molecular formula is C30H35FN6O2. The van der Waals surface area contributed by atoms with E-state index >= 15 is 0 Å². The first kappa shape index (κ1) is 26.6. The number of aryl methyl sites for hydroxylation is 1. The second-order valence-corrected chi connectivity index (χ2v) is 10.1. The number of halogens is 1. The first-order chi connectivity index (χ1) is 18.9. The summed E-state index contributed by atoms with van der Waals surface area (Å²) in [5.41, 5.74) is 2.90. The smallest absolute Gasteiger partial charge is 0.254 e. The molecule has 1 fully saturated rings. The quantitative estimate of drug-likeness (QED) is 0.313. The fraction of sp³-hybridized carbons (Fsp3) is 0.400. The number of carbonyl (C=O) groups excluding carboxylic acids is 1. The van der Waals surface area contributed by atoms with Gasteiger partial charge in [-0.05, 0) is 62.2 Å². The number of amides is 1. The Bertz CT molecular complexity index is 1470. The van der Waals surface area contributed by atoms with Gasteiger partial charge < -0.3 is 14.5 Å². The standard InChI is InChI=1S/C30H35FN6O2/c1-5-8-20(2)27-32-28(26-21(3)34-37(29(26)33-27)24-13-11-23(31)12-14-24)35-15-7-16-36(18-17-35)30(38)22-9-6-10-25(19-22)39-4/h6,9-14,19-20H,5,7-8,15-18H2,1-4H3/t20-/m0/s1. The fourth-order valence-corrected chi connectivity index (χ4v) is 5.22. The van der Waals surface area contributed by atoms with Gasteiger partial charge in [0.2, 0.25) is 0 Å². The highest BCUT2D eigenvalue weighted by Crippen LogP contribution is 2.32. The monoisotopic (exact) mass is 530 g/mol. The molecule has 1 saturated heterocycles. The van der Waals surface area contributed by atoms with Gasteiger partial charge >= 0.3 is 0 Å². The zero-order valence-corrected chi connectivity index (χ0v) is 23.0. The van der Waals surface area contributed by atoms with Crippen molar-refractivity contribution in [2.75, 3.05) is 38.2 Å². The van der Waals surface area contributed by atoms with Crippen LogP contribution in [-0.2, 0) is 0 Å². The van der Waals surface area contributed by atoms with Gasteiger partial charge in [-0.2, -0.15) is 5.10 Å². The van der Waals surface area contributed by atoms with Gasteiger partial charge in [0, 0.05) is 37.7 Å². The van der Waals surface area contributed by atoms with Crippen molar-refractivity contribution in [3.8, 4) is 11.4 Å². The topological polar surface area (TPSA) is 76.4 Å². The molecule has 204 valence electrons. The van der Waals surface area contributed by atoms with Crippen molar-refractivity contribution in [2.45, 2.75) is 46.0 Å². The molecule has 0 bridgehead atoms. The minimum absolute atomic E-state index is 0.00107. The average Bonchev–Trinajstić information content (AvgIpc) is 3.11. The van der Waals surface area contributed by atoms with E-state index in [0.29, 0.717) is 30.9 Å². The zero-order chi connectivity index (χ0) is 27.5. The van der Waals surface area contributed by atoms with Crippen LogP contribution in [-0.4, -0.2) is 63.8 Å². The van der Waals surface area contributed by atoms with Crippen LogP contribution in [0.15, 0.2) is 48.5 Å². The van der Waals surface area contributed by atoms with Gasteiger partial charge in [0.15, 0.2) is 5.65 Å². The van der Waals surface area contributed by atoms with Crippen molar-refractivity contribution in [3.63, 3.8) is 0 Å². The van der Waals surface area contributed by atoms with Crippen LogP contribution in [0.2, 0.25) is 0 Å². The van der Waals surface area contributed by atoms with Gasteiger partial charge in [-0.1, -0.05) is 26.3 Å². The maximum absolute atomic E-state index is 13.7. The molecule has 0 N–H and O–H groups in total. The van der Waals surface area contributed by atoms with Crippen molar-refractivity contribution in [3.05, 3.63) is 71.4 Å². The largest absolute Gasteiger partial charge is 0.497 e. The van der Waals surface area contributed by atoms with Gasteiger partial charge in [-0.25, -0.2) is 19.0 Å². The van der Waals surface area contributed by atoms with Gasteiger partial charge in [-0.3, -0.25) is 4.79 Å². The molecular weight excluding hydrogens is 495 g/mol. The number of benzene rings is 2. The number of methoxy groups -OCH3 is 1. The van der Waals surface area contributed by atoms with Crippen LogP contribution in [0.3, 0.4) is 0 Å². The maximum Gasteiger partial charge on any atom is 0.254 e. The number of nitrogens with zero attached hydrogens (tertiary/aromatic N) is 6. The predicted octanol–water partition coefficient (Wildman–Crippen LogP) is 5.53. The molecule has 1 atom stereocenters. The number of hydrogen-bond donors (Lipinski definition) is 0. The summed E-state index contributed by atoms with van der Waals surface area (Å²) in [6.45, 7) is 8.91. The molecule has 8 nitrogen and oxygen atoms in total. The van der Waals surface area contributed by atoms with E-state index in [9.17, 15) is 9.18 Å². The van der Waals surface area contributed by atoms with E-state index in [1.807, 2.05) is 30.0 Å². The Hall–Kier alpha value is -4.01. The second-order valence-electron chi connectivity index (χ2n) is 10.1. The molecule has 0 unspecified atom stereocenters. The van der Waals surface area contributed by atoms with E-state index < -0.39 is 0 Å². The third-order valence-corrected chi connectivity index (χ3v) is 7.33. The zero-order valence-electron chi connectivity index (χ0n) is 23.0. The summed E-state index contributed by atoms with van der Waals surface area (Å²) in [5, 5.41) is 5.69. The minimum atomic E-state index is -0.294. The Morgan fingerprint density at radius 3 is 2.62 bits per heavy atom. The Labute approximate surface area is 228 Å². The van der Waals surface area contributed by atoms with Crippen molar-refractivity contribution in [2.24, 2.45) is 0 Å². The summed E-state index contributed by atoms with van der Waals surface area (Å²) in [4.78, 5) is 27.6. The molecule has 1 aliphatic rings. The summed E-state index contributed by atoms with van der Waals surface area (Å²) in [7, 11) is 1.60. The molecule has 0 saturated carbocycles. The van der Waals surface area contributed by atoms with E-state index in [-0.39, 0.29) is 17.6 Å². The number of anilines is 1. The molecule has 3 heterocycles. The molecule has 1 aliphatic heterocycles. The molecule has 0 radical (unpaired) electrons. The number of aromatic nitrogens is 4. The van der Waals surface area contributed by atoms with E-state index in [4.69, 9.17) is 19.8 Å². The number of fused-ring (bicyclic) bond motifs is 1. The van der Waals surface area contributed by atoms with E-state index in [1.54, 1.807) is 30.0 Å². The van der Waals surface area contributed by atoms with E-state index in [0.717, 1.165) is 59.9 Å².